The van der Waals surface area contributed by atoms with Gasteiger partial charge in [0.25, 0.3) is 0 Å². The van der Waals surface area contributed by atoms with Crippen LogP contribution in [-0.4, -0.2) is 51.5 Å². The molecule has 0 aromatic carbocycles. The molecular formula is C7H11ClN4O3. The van der Waals surface area contributed by atoms with Crippen molar-refractivity contribution in [2.75, 3.05) is 25.6 Å². The van der Waals surface area contributed by atoms with Crippen LogP contribution in [0.25, 0.3) is 0 Å². The van der Waals surface area contributed by atoms with Gasteiger partial charge in [0, 0.05) is 0 Å². The number of methoxy groups -OCH3 is 1. The Morgan fingerprint density at radius 2 is 2.00 bits per heavy atom. The third-order valence-corrected chi connectivity index (χ3v) is 1.71. The number of aromatic nitrogens is 3. The number of nitrogens with zero attached hydrogens (tertiary/aromatic N) is 3. The van der Waals surface area contributed by atoms with E-state index in [4.69, 9.17) is 26.6 Å². The molecule has 0 aliphatic rings. The minimum atomic E-state index is -0.548. The number of aliphatic hydroxyl groups is 2. The van der Waals surface area contributed by atoms with E-state index in [1.165, 1.54) is 7.11 Å². The van der Waals surface area contributed by atoms with Gasteiger partial charge in [-0.15, -0.1) is 0 Å². The topological polar surface area (TPSA) is 100 Å². The molecule has 0 aliphatic carbocycles. The Kier molecular flexibility index (Phi) is 4.47. The van der Waals surface area contributed by atoms with Gasteiger partial charge in [0.05, 0.1) is 26.4 Å². The van der Waals surface area contributed by atoms with Crippen molar-refractivity contribution >= 4 is 17.5 Å². The van der Waals surface area contributed by atoms with Crippen molar-refractivity contribution in [1.82, 2.24) is 15.0 Å². The molecular weight excluding hydrogens is 224 g/mol. The third kappa shape index (κ3) is 3.46. The van der Waals surface area contributed by atoms with E-state index in [-0.39, 0.29) is 30.5 Å². The Bertz CT molecular complexity index is 321. The van der Waals surface area contributed by atoms with Crippen LogP contribution in [0.1, 0.15) is 0 Å². The van der Waals surface area contributed by atoms with E-state index in [1.807, 2.05) is 0 Å². The Hall–Kier alpha value is -1.18. The van der Waals surface area contributed by atoms with Crippen LogP contribution in [0.2, 0.25) is 5.28 Å². The average molecular weight is 235 g/mol. The number of hydrogen-bond donors (Lipinski definition) is 3. The molecule has 1 heterocycles. The number of ether oxygens (including phenoxy) is 1. The van der Waals surface area contributed by atoms with E-state index in [0.717, 1.165) is 0 Å². The molecule has 0 atom stereocenters. The van der Waals surface area contributed by atoms with Crippen molar-refractivity contribution in [3.05, 3.63) is 5.28 Å². The average Bonchev–Trinajstić information content (AvgIpc) is 2.25. The maximum absolute atomic E-state index is 8.83. The second-order valence-electron chi connectivity index (χ2n) is 2.62. The summed E-state index contributed by atoms with van der Waals surface area (Å²) in [7, 11) is 1.39. The first kappa shape index (κ1) is 11.9. The molecule has 0 bridgehead atoms. The fourth-order valence-electron chi connectivity index (χ4n) is 0.819. The normalized spacial score (nSPS) is 10.5. The summed E-state index contributed by atoms with van der Waals surface area (Å²) in [5.41, 5.74) is 0. The number of aliphatic hydroxyl groups excluding tert-OH is 2. The molecule has 1 aromatic rings. The lowest BCUT2D eigenvalue weighted by Gasteiger charge is -2.12. The Morgan fingerprint density at radius 3 is 2.53 bits per heavy atom. The lowest BCUT2D eigenvalue weighted by molar-refractivity contribution is 0.203. The van der Waals surface area contributed by atoms with Crippen LogP contribution in [0.5, 0.6) is 6.01 Å². The van der Waals surface area contributed by atoms with Gasteiger partial charge in [-0.25, -0.2) is 0 Å². The summed E-state index contributed by atoms with van der Waals surface area (Å²) in [6.07, 6.45) is 0. The maximum Gasteiger partial charge on any atom is 0.322 e. The van der Waals surface area contributed by atoms with Crippen molar-refractivity contribution in [3.63, 3.8) is 0 Å². The molecule has 0 saturated carbocycles. The molecule has 0 spiro atoms. The summed E-state index contributed by atoms with van der Waals surface area (Å²) in [6, 6.07) is -0.486. The fraction of sp³-hybridized carbons (Fsp3) is 0.571. The van der Waals surface area contributed by atoms with E-state index in [0.29, 0.717) is 0 Å². The largest absolute Gasteiger partial charge is 0.467 e. The maximum atomic E-state index is 8.83. The molecule has 84 valence electrons. The standard InChI is InChI=1S/C7H11ClN4O3/c1-15-7-11-5(8)10-6(12-7)9-4(2-13)3-14/h4,13-14H,2-3H2,1H3,(H,9,10,11,12). The van der Waals surface area contributed by atoms with Crippen LogP contribution >= 0.6 is 11.6 Å². The zero-order valence-electron chi connectivity index (χ0n) is 8.01. The summed E-state index contributed by atoms with van der Waals surface area (Å²) < 4.78 is 4.77. The van der Waals surface area contributed by atoms with Gasteiger partial charge in [-0.3, -0.25) is 0 Å². The third-order valence-electron chi connectivity index (χ3n) is 1.54. The van der Waals surface area contributed by atoms with Crippen molar-refractivity contribution in [1.29, 1.82) is 0 Å². The smallest absolute Gasteiger partial charge is 0.322 e. The Morgan fingerprint density at radius 1 is 1.33 bits per heavy atom. The predicted molar refractivity (Wildman–Crippen MR) is 53.0 cm³/mol. The molecule has 0 fully saturated rings. The second-order valence-corrected chi connectivity index (χ2v) is 2.96. The van der Waals surface area contributed by atoms with Crippen LogP contribution < -0.4 is 10.1 Å². The number of hydrogen-bond acceptors (Lipinski definition) is 7. The molecule has 0 amide bonds. The van der Waals surface area contributed by atoms with E-state index < -0.39 is 6.04 Å². The Labute approximate surface area is 91.1 Å². The molecule has 1 aromatic heterocycles. The molecule has 8 heteroatoms. The number of nitrogens with one attached hydrogen (secondary N) is 1. The monoisotopic (exact) mass is 234 g/mol. The molecule has 3 N–H and O–H groups in total. The summed E-state index contributed by atoms with van der Waals surface area (Å²) in [5, 5.41) is 20.3. The Balaban J connectivity index is 2.79. The van der Waals surface area contributed by atoms with Gasteiger partial charge in [0.15, 0.2) is 0 Å². The van der Waals surface area contributed by atoms with Gasteiger partial charge in [0.2, 0.25) is 11.2 Å². The van der Waals surface area contributed by atoms with Crippen LogP contribution in [0.4, 0.5) is 5.95 Å². The minimum Gasteiger partial charge on any atom is -0.467 e. The van der Waals surface area contributed by atoms with Gasteiger partial charge < -0.3 is 20.3 Å². The van der Waals surface area contributed by atoms with E-state index in [1.54, 1.807) is 0 Å². The van der Waals surface area contributed by atoms with Gasteiger partial charge in [-0.2, -0.15) is 15.0 Å². The molecule has 1 rings (SSSR count). The highest BCUT2D eigenvalue weighted by atomic mass is 35.5. The van der Waals surface area contributed by atoms with Gasteiger partial charge in [-0.05, 0) is 11.6 Å². The van der Waals surface area contributed by atoms with Gasteiger partial charge in [0.1, 0.15) is 0 Å². The zero-order chi connectivity index (χ0) is 11.3. The van der Waals surface area contributed by atoms with Crippen LogP contribution in [-0.2, 0) is 0 Å². The number of anilines is 1. The molecule has 0 aliphatic heterocycles. The lowest BCUT2D eigenvalue weighted by atomic mass is 10.3. The summed E-state index contributed by atoms with van der Waals surface area (Å²) in [6.45, 7) is -0.496. The minimum absolute atomic E-state index is 0.0287. The number of rotatable bonds is 5. The quantitative estimate of drug-likeness (QED) is 0.619. The summed E-state index contributed by atoms with van der Waals surface area (Å²) >= 11 is 5.59. The highest BCUT2D eigenvalue weighted by Gasteiger charge is 2.10. The van der Waals surface area contributed by atoms with E-state index in [9.17, 15) is 0 Å². The van der Waals surface area contributed by atoms with Crippen LogP contribution in [0, 0.1) is 0 Å². The second kappa shape index (κ2) is 5.64. The lowest BCUT2D eigenvalue weighted by Crippen LogP contribution is -2.28. The fourth-order valence-corrected chi connectivity index (χ4v) is 0.972. The van der Waals surface area contributed by atoms with E-state index >= 15 is 0 Å². The van der Waals surface area contributed by atoms with Crippen molar-refractivity contribution in [3.8, 4) is 6.01 Å². The highest BCUT2D eigenvalue weighted by Crippen LogP contribution is 2.11. The highest BCUT2D eigenvalue weighted by molar-refractivity contribution is 6.28. The van der Waals surface area contributed by atoms with Crippen molar-refractivity contribution in [2.24, 2.45) is 0 Å². The molecule has 15 heavy (non-hydrogen) atoms. The van der Waals surface area contributed by atoms with Crippen molar-refractivity contribution < 1.29 is 14.9 Å². The van der Waals surface area contributed by atoms with Crippen molar-refractivity contribution in [2.45, 2.75) is 6.04 Å². The predicted octanol–water partition coefficient (Wildman–Crippen LogP) is -0.701. The van der Waals surface area contributed by atoms with Gasteiger partial charge in [-0.1, -0.05) is 0 Å². The molecule has 0 saturated heterocycles. The first-order valence-corrected chi connectivity index (χ1v) is 4.51. The first-order chi connectivity index (χ1) is 7.19. The molecule has 0 unspecified atom stereocenters. The van der Waals surface area contributed by atoms with Crippen LogP contribution in [0.15, 0.2) is 0 Å². The first-order valence-electron chi connectivity index (χ1n) is 4.13. The SMILES string of the molecule is COc1nc(Cl)nc(NC(CO)CO)n1. The van der Waals surface area contributed by atoms with Gasteiger partial charge >= 0.3 is 6.01 Å². The number of halogens is 1. The molecule has 7 nitrogen and oxygen atoms in total. The molecule has 0 radical (unpaired) electrons. The van der Waals surface area contributed by atoms with Crippen LogP contribution in [0.3, 0.4) is 0 Å². The summed E-state index contributed by atoms with van der Waals surface area (Å²) in [4.78, 5) is 11.2. The summed E-state index contributed by atoms with van der Waals surface area (Å²) in [5.74, 6) is 0.139. The van der Waals surface area contributed by atoms with E-state index in [2.05, 4.69) is 20.3 Å². The zero-order valence-corrected chi connectivity index (χ0v) is 8.77.